The van der Waals surface area contributed by atoms with E-state index in [0.29, 0.717) is 5.78 Å². The largest absolute Gasteiger partial charge is 0.294 e. The van der Waals surface area contributed by atoms with Crippen LogP contribution in [0, 0.1) is 19.3 Å². The first kappa shape index (κ1) is 10.1. The predicted octanol–water partition coefficient (Wildman–Crippen LogP) is 3.60. The van der Waals surface area contributed by atoms with Gasteiger partial charge in [0.2, 0.25) is 0 Å². The van der Waals surface area contributed by atoms with E-state index in [2.05, 4.69) is 26.0 Å². The highest BCUT2D eigenvalue weighted by Crippen LogP contribution is 2.49. The molecule has 0 radical (unpaired) electrons. The molecule has 1 fully saturated rings. The fourth-order valence-electron chi connectivity index (χ4n) is 3.55. The van der Waals surface area contributed by atoms with Gasteiger partial charge in [-0.1, -0.05) is 25.0 Å². The van der Waals surface area contributed by atoms with E-state index in [0.717, 1.165) is 24.8 Å². The van der Waals surface area contributed by atoms with Crippen LogP contribution in [0.3, 0.4) is 0 Å². The van der Waals surface area contributed by atoms with Crippen LogP contribution in [0.1, 0.15) is 52.7 Å². The van der Waals surface area contributed by atoms with Gasteiger partial charge < -0.3 is 0 Å². The lowest BCUT2D eigenvalue weighted by Gasteiger charge is -2.19. The molecule has 2 aliphatic carbocycles. The van der Waals surface area contributed by atoms with Gasteiger partial charge in [-0.05, 0) is 49.8 Å². The third-order valence-electron chi connectivity index (χ3n) is 4.54. The van der Waals surface area contributed by atoms with Crippen molar-refractivity contribution in [1.82, 2.24) is 0 Å². The number of carbonyl (C=O) groups excluding carboxylic acids is 1. The van der Waals surface area contributed by atoms with Gasteiger partial charge in [0.05, 0.1) is 0 Å². The Kier molecular flexibility index (Phi) is 2.01. The summed E-state index contributed by atoms with van der Waals surface area (Å²) in [5.74, 6) is 0.446. The summed E-state index contributed by atoms with van der Waals surface area (Å²) in [6, 6.07) is 4.26. The van der Waals surface area contributed by atoms with E-state index in [1.165, 1.54) is 29.5 Å². The number of ketones is 1. The standard InChI is InChI=1S/C15H18O/c1-10-5-6-11(2)13-12(10)9-15(14(13)16)7-3-4-8-15/h5-6H,3-4,7-9H2,1-2H3. The van der Waals surface area contributed by atoms with Crippen LogP contribution in [0.4, 0.5) is 0 Å². The maximum absolute atomic E-state index is 12.6. The van der Waals surface area contributed by atoms with Crippen molar-refractivity contribution in [3.05, 3.63) is 34.4 Å². The fraction of sp³-hybridized carbons (Fsp3) is 0.533. The second kappa shape index (κ2) is 3.19. The summed E-state index contributed by atoms with van der Waals surface area (Å²) < 4.78 is 0. The molecule has 0 atom stereocenters. The number of benzene rings is 1. The lowest BCUT2D eigenvalue weighted by atomic mass is 9.82. The molecule has 1 nitrogen and oxygen atoms in total. The summed E-state index contributed by atoms with van der Waals surface area (Å²) >= 11 is 0. The summed E-state index contributed by atoms with van der Waals surface area (Å²) in [7, 11) is 0. The second-order valence-corrected chi connectivity index (χ2v) is 5.55. The number of hydrogen-bond donors (Lipinski definition) is 0. The number of rotatable bonds is 0. The average molecular weight is 214 g/mol. The molecule has 0 saturated heterocycles. The predicted molar refractivity (Wildman–Crippen MR) is 64.9 cm³/mol. The fourth-order valence-corrected chi connectivity index (χ4v) is 3.55. The summed E-state index contributed by atoms with van der Waals surface area (Å²) in [5.41, 5.74) is 4.88. The van der Waals surface area contributed by atoms with Crippen LogP contribution in [-0.2, 0) is 6.42 Å². The molecule has 0 aromatic heterocycles. The van der Waals surface area contributed by atoms with Gasteiger partial charge in [-0.15, -0.1) is 0 Å². The Morgan fingerprint density at radius 3 is 2.31 bits per heavy atom. The Morgan fingerprint density at radius 1 is 1.06 bits per heavy atom. The van der Waals surface area contributed by atoms with Gasteiger partial charge in [0.15, 0.2) is 5.78 Å². The molecule has 0 heterocycles. The maximum Gasteiger partial charge on any atom is 0.169 e. The minimum atomic E-state index is -0.000787. The van der Waals surface area contributed by atoms with E-state index in [1.807, 2.05) is 0 Å². The number of fused-ring (bicyclic) bond motifs is 1. The van der Waals surface area contributed by atoms with E-state index >= 15 is 0 Å². The first-order chi connectivity index (χ1) is 7.64. The Balaban J connectivity index is 2.17. The molecule has 0 bridgehead atoms. The molecule has 0 amide bonds. The number of aryl methyl sites for hydroxylation is 2. The zero-order valence-electron chi connectivity index (χ0n) is 10.1. The van der Waals surface area contributed by atoms with Gasteiger partial charge in [0.1, 0.15) is 0 Å². The zero-order chi connectivity index (χ0) is 11.3. The molecule has 1 aromatic carbocycles. The summed E-state index contributed by atoms with van der Waals surface area (Å²) in [4.78, 5) is 12.6. The van der Waals surface area contributed by atoms with Crippen molar-refractivity contribution < 1.29 is 4.79 Å². The van der Waals surface area contributed by atoms with Crippen molar-refractivity contribution in [3.63, 3.8) is 0 Å². The van der Waals surface area contributed by atoms with Crippen molar-refractivity contribution in [3.8, 4) is 0 Å². The molecule has 1 spiro atoms. The Hall–Kier alpha value is -1.11. The van der Waals surface area contributed by atoms with E-state index in [1.54, 1.807) is 0 Å². The number of carbonyl (C=O) groups is 1. The van der Waals surface area contributed by atoms with Crippen molar-refractivity contribution >= 4 is 5.78 Å². The molecule has 1 heteroatoms. The highest BCUT2D eigenvalue weighted by molar-refractivity contribution is 6.06. The third-order valence-corrected chi connectivity index (χ3v) is 4.54. The quantitative estimate of drug-likeness (QED) is 0.645. The van der Waals surface area contributed by atoms with Gasteiger partial charge in [0.25, 0.3) is 0 Å². The van der Waals surface area contributed by atoms with Crippen LogP contribution in [0.15, 0.2) is 12.1 Å². The smallest absolute Gasteiger partial charge is 0.169 e. The normalized spacial score (nSPS) is 21.8. The molecule has 0 N–H and O–H groups in total. The second-order valence-electron chi connectivity index (χ2n) is 5.55. The molecule has 1 aromatic rings. The van der Waals surface area contributed by atoms with Gasteiger partial charge in [-0.2, -0.15) is 0 Å². The Labute approximate surface area is 96.9 Å². The van der Waals surface area contributed by atoms with E-state index < -0.39 is 0 Å². The SMILES string of the molecule is Cc1ccc(C)c2c1CC1(CCCC1)C2=O. The monoisotopic (exact) mass is 214 g/mol. The summed E-state index contributed by atoms with van der Waals surface area (Å²) in [5, 5.41) is 0. The van der Waals surface area contributed by atoms with Crippen LogP contribution in [0.2, 0.25) is 0 Å². The molecule has 1 saturated carbocycles. The number of Topliss-reactive ketones (excluding diaryl/α,β-unsaturated/α-hetero) is 1. The molecular formula is C15H18O. The maximum atomic E-state index is 12.6. The zero-order valence-corrected chi connectivity index (χ0v) is 10.1. The first-order valence-corrected chi connectivity index (χ1v) is 6.28. The molecule has 84 valence electrons. The molecule has 16 heavy (non-hydrogen) atoms. The third kappa shape index (κ3) is 1.15. The Bertz CT molecular complexity index is 465. The van der Waals surface area contributed by atoms with Gasteiger partial charge in [-0.25, -0.2) is 0 Å². The van der Waals surface area contributed by atoms with E-state index in [4.69, 9.17) is 0 Å². The number of hydrogen-bond acceptors (Lipinski definition) is 1. The van der Waals surface area contributed by atoms with E-state index in [-0.39, 0.29) is 5.41 Å². The highest BCUT2D eigenvalue weighted by Gasteiger charge is 2.47. The first-order valence-electron chi connectivity index (χ1n) is 6.28. The summed E-state index contributed by atoms with van der Waals surface area (Å²) in [6.45, 7) is 4.21. The van der Waals surface area contributed by atoms with Crippen LogP contribution >= 0.6 is 0 Å². The van der Waals surface area contributed by atoms with Crippen molar-refractivity contribution in [2.24, 2.45) is 5.41 Å². The van der Waals surface area contributed by atoms with Crippen molar-refractivity contribution in [2.75, 3.05) is 0 Å². The van der Waals surface area contributed by atoms with Gasteiger partial charge in [-0.3, -0.25) is 4.79 Å². The van der Waals surface area contributed by atoms with Crippen LogP contribution in [0.5, 0.6) is 0 Å². The van der Waals surface area contributed by atoms with Crippen LogP contribution in [-0.4, -0.2) is 5.78 Å². The minimum Gasteiger partial charge on any atom is -0.294 e. The molecule has 0 unspecified atom stereocenters. The molecule has 3 rings (SSSR count). The topological polar surface area (TPSA) is 17.1 Å². The lowest BCUT2D eigenvalue weighted by Crippen LogP contribution is -2.24. The Morgan fingerprint density at radius 2 is 1.69 bits per heavy atom. The van der Waals surface area contributed by atoms with Crippen LogP contribution < -0.4 is 0 Å². The van der Waals surface area contributed by atoms with Crippen molar-refractivity contribution in [2.45, 2.75) is 46.0 Å². The lowest BCUT2D eigenvalue weighted by molar-refractivity contribution is 0.0826. The average Bonchev–Trinajstić information content (AvgIpc) is 2.83. The van der Waals surface area contributed by atoms with E-state index in [9.17, 15) is 4.79 Å². The molecular weight excluding hydrogens is 196 g/mol. The highest BCUT2D eigenvalue weighted by atomic mass is 16.1. The van der Waals surface area contributed by atoms with Crippen LogP contribution in [0.25, 0.3) is 0 Å². The molecule has 2 aliphatic rings. The van der Waals surface area contributed by atoms with Crippen molar-refractivity contribution in [1.29, 1.82) is 0 Å². The van der Waals surface area contributed by atoms with Gasteiger partial charge >= 0.3 is 0 Å². The molecule has 0 aliphatic heterocycles. The summed E-state index contributed by atoms with van der Waals surface area (Å²) in [6.07, 6.45) is 5.70. The van der Waals surface area contributed by atoms with Gasteiger partial charge in [0, 0.05) is 11.0 Å². The minimum absolute atomic E-state index is 0.000787.